The van der Waals surface area contributed by atoms with Gasteiger partial charge in [0.25, 0.3) is 0 Å². The Morgan fingerprint density at radius 2 is 1.96 bits per heavy atom. The first kappa shape index (κ1) is 15.8. The highest BCUT2D eigenvalue weighted by molar-refractivity contribution is 5.86. The van der Waals surface area contributed by atoms with Crippen LogP contribution in [0.25, 0.3) is 0 Å². The van der Waals surface area contributed by atoms with Crippen LogP contribution < -0.4 is 10.2 Å². The highest BCUT2D eigenvalue weighted by Crippen LogP contribution is 2.52. The van der Waals surface area contributed by atoms with E-state index in [1.54, 1.807) is 12.4 Å². The van der Waals surface area contributed by atoms with E-state index in [4.69, 9.17) is 0 Å². The van der Waals surface area contributed by atoms with Gasteiger partial charge in [-0.1, -0.05) is 24.3 Å². The average molecular weight is 348 g/mol. The maximum atomic E-state index is 12.8. The van der Waals surface area contributed by atoms with E-state index in [-0.39, 0.29) is 17.2 Å². The van der Waals surface area contributed by atoms with Gasteiger partial charge in [0.05, 0.1) is 12.1 Å². The third-order valence-electron chi connectivity index (χ3n) is 6.34. The molecule has 2 aromatic rings. The number of anilines is 1. The molecule has 1 spiro atoms. The first-order valence-corrected chi connectivity index (χ1v) is 9.66. The van der Waals surface area contributed by atoms with Crippen molar-refractivity contribution in [3.8, 4) is 0 Å². The molecule has 1 saturated carbocycles. The van der Waals surface area contributed by atoms with Crippen LogP contribution in [-0.2, 0) is 10.2 Å². The number of aromatic nitrogens is 2. The molecule has 1 aliphatic heterocycles. The Morgan fingerprint density at radius 3 is 2.69 bits per heavy atom. The number of rotatable bonds is 3. The van der Waals surface area contributed by atoms with Gasteiger partial charge < -0.3 is 10.2 Å². The minimum Gasteiger partial charge on any atom is -0.355 e. The number of piperidine rings is 1. The van der Waals surface area contributed by atoms with Crippen LogP contribution in [0.4, 0.5) is 5.82 Å². The Hall–Kier alpha value is -2.43. The van der Waals surface area contributed by atoms with E-state index >= 15 is 0 Å². The molecule has 1 N–H and O–H groups in total. The van der Waals surface area contributed by atoms with E-state index < -0.39 is 0 Å². The van der Waals surface area contributed by atoms with Crippen molar-refractivity contribution >= 4 is 11.7 Å². The van der Waals surface area contributed by atoms with E-state index in [0.29, 0.717) is 6.04 Å². The molecule has 1 aromatic carbocycles. The van der Waals surface area contributed by atoms with Crippen molar-refractivity contribution in [1.82, 2.24) is 15.3 Å². The van der Waals surface area contributed by atoms with E-state index in [2.05, 4.69) is 44.5 Å². The fourth-order valence-electron chi connectivity index (χ4n) is 4.75. The van der Waals surface area contributed by atoms with Gasteiger partial charge in [-0.05, 0) is 43.2 Å². The van der Waals surface area contributed by atoms with Gasteiger partial charge in [-0.15, -0.1) is 0 Å². The van der Waals surface area contributed by atoms with Crippen LogP contribution in [0.5, 0.6) is 0 Å². The Kier molecular flexibility index (Phi) is 3.69. The lowest BCUT2D eigenvalue weighted by Gasteiger charge is -2.40. The van der Waals surface area contributed by atoms with Crippen molar-refractivity contribution in [1.29, 1.82) is 0 Å². The molecular weight excluding hydrogens is 324 g/mol. The lowest BCUT2D eigenvalue weighted by atomic mass is 9.73. The summed E-state index contributed by atoms with van der Waals surface area (Å²) in [6, 6.07) is 9.03. The summed E-state index contributed by atoms with van der Waals surface area (Å²) in [5.74, 6) is 1.19. The quantitative estimate of drug-likeness (QED) is 0.927. The predicted molar refractivity (Wildman–Crippen MR) is 100 cm³/mol. The molecule has 5 nitrogen and oxygen atoms in total. The van der Waals surface area contributed by atoms with Crippen molar-refractivity contribution in [2.24, 2.45) is 0 Å². The van der Waals surface area contributed by atoms with Gasteiger partial charge in [0.15, 0.2) is 0 Å². The van der Waals surface area contributed by atoms with Crippen LogP contribution in [0.3, 0.4) is 0 Å². The molecule has 2 aliphatic carbocycles. The molecule has 1 amide bonds. The topological polar surface area (TPSA) is 58.1 Å². The van der Waals surface area contributed by atoms with E-state index in [9.17, 15) is 4.79 Å². The van der Waals surface area contributed by atoms with Crippen molar-refractivity contribution in [2.45, 2.75) is 49.5 Å². The van der Waals surface area contributed by atoms with E-state index in [1.807, 2.05) is 6.20 Å². The van der Waals surface area contributed by atoms with E-state index in [1.165, 1.54) is 11.1 Å². The zero-order chi connectivity index (χ0) is 17.6. The molecule has 0 bridgehead atoms. The van der Waals surface area contributed by atoms with Crippen LogP contribution in [0.1, 0.15) is 49.1 Å². The molecule has 5 heteroatoms. The number of nitrogens with zero attached hydrogens (tertiary/aromatic N) is 3. The highest BCUT2D eigenvalue weighted by atomic mass is 16.2. The number of carbonyl (C=O) groups excluding carboxylic acids is 1. The summed E-state index contributed by atoms with van der Waals surface area (Å²) in [4.78, 5) is 23.8. The summed E-state index contributed by atoms with van der Waals surface area (Å²) in [5.41, 5.74) is 2.77. The summed E-state index contributed by atoms with van der Waals surface area (Å²) in [6.07, 6.45) is 10.7. The minimum atomic E-state index is 0.00914. The number of hydrogen-bond acceptors (Lipinski definition) is 4. The molecule has 2 fully saturated rings. The molecule has 5 rings (SSSR count). The first-order valence-electron chi connectivity index (χ1n) is 9.66. The van der Waals surface area contributed by atoms with Crippen molar-refractivity contribution in [2.75, 3.05) is 18.0 Å². The summed E-state index contributed by atoms with van der Waals surface area (Å²) in [6.45, 7) is 1.92. The number of amides is 1. The third-order valence-corrected chi connectivity index (χ3v) is 6.34. The molecule has 3 aliphatic rings. The Bertz CT molecular complexity index is 810. The van der Waals surface area contributed by atoms with Gasteiger partial charge in [0.2, 0.25) is 5.91 Å². The summed E-state index contributed by atoms with van der Waals surface area (Å²) in [7, 11) is 0. The number of hydrogen-bond donors (Lipinski definition) is 1. The van der Waals surface area contributed by atoms with Gasteiger partial charge >= 0.3 is 0 Å². The lowest BCUT2D eigenvalue weighted by molar-refractivity contribution is -0.122. The molecule has 0 radical (unpaired) electrons. The fourth-order valence-corrected chi connectivity index (χ4v) is 4.75. The third kappa shape index (κ3) is 2.66. The molecule has 26 heavy (non-hydrogen) atoms. The largest absolute Gasteiger partial charge is 0.355 e. The summed E-state index contributed by atoms with van der Waals surface area (Å²) in [5, 5.41) is 3.23. The molecule has 1 aromatic heterocycles. The van der Waals surface area contributed by atoms with Gasteiger partial charge in [0.1, 0.15) is 5.82 Å². The molecule has 134 valence electrons. The second kappa shape index (κ2) is 6.08. The maximum absolute atomic E-state index is 12.8. The molecule has 1 unspecified atom stereocenters. The standard InChI is InChI=1S/C21H24N4O/c26-20(24-15-5-6-15)17-13-21(18-4-2-1-3-16(17)18)7-11-25(12-8-21)19-14-22-9-10-23-19/h1-4,9-10,14-15,17H,5-8,11-13H2,(H,24,26). The second-order valence-corrected chi connectivity index (χ2v) is 7.96. The SMILES string of the molecule is O=C(NC1CC1)C1CC2(CCN(c3cnccn3)CC2)c2ccccc21. The minimum absolute atomic E-state index is 0.00914. The van der Waals surface area contributed by atoms with E-state index in [0.717, 1.165) is 51.0 Å². The van der Waals surface area contributed by atoms with Crippen molar-refractivity contribution < 1.29 is 4.79 Å². The average Bonchev–Trinajstić information content (AvgIpc) is 3.45. The van der Waals surface area contributed by atoms with Crippen LogP contribution in [-0.4, -0.2) is 35.0 Å². The van der Waals surface area contributed by atoms with Gasteiger partial charge in [-0.25, -0.2) is 4.98 Å². The Labute approximate surface area is 153 Å². The Morgan fingerprint density at radius 1 is 1.15 bits per heavy atom. The van der Waals surface area contributed by atoms with Gasteiger partial charge in [0, 0.05) is 36.9 Å². The van der Waals surface area contributed by atoms with Crippen molar-refractivity contribution in [3.05, 3.63) is 54.0 Å². The second-order valence-electron chi connectivity index (χ2n) is 7.96. The van der Waals surface area contributed by atoms with Crippen LogP contribution in [0.15, 0.2) is 42.9 Å². The van der Waals surface area contributed by atoms with Crippen LogP contribution >= 0.6 is 0 Å². The maximum Gasteiger partial charge on any atom is 0.227 e. The highest BCUT2D eigenvalue weighted by Gasteiger charge is 2.48. The summed E-state index contributed by atoms with van der Waals surface area (Å²) < 4.78 is 0. The van der Waals surface area contributed by atoms with Gasteiger partial charge in [-0.3, -0.25) is 9.78 Å². The predicted octanol–water partition coefficient (Wildman–Crippen LogP) is 2.78. The normalized spacial score (nSPS) is 23.7. The molecule has 1 atom stereocenters. The fraction of sp³-hybridized carbons (Fsp3) is 0.476. The van der Waals surface area contributed by atoms with Crippen LogP contribution in [0.2, 0.25) is 0 Å². The van der Waals surface area contributed by atoms with Crippen LogP contribution in [0, 0.1) is 0 Å². The number of nitrogens with one attached hydrogen (secondary N) is 1. The zero-order valence-corrected chi connectivity index (χ0v) is 14.9. The zero-order valence-electron chi connectivity index (χ0n) is 14.9. The number of carbonyl (C=O) groups is 1. The Balaban J connectivity index is 1.38. The smallest absolute Gasteiger partial charge is 0.227 e. The molecule has 1 saturated heterocycles. The molecule has 2 heterocycles. The molecular formula is C21H24N4O. The monoisotopic (exact) mass is 348 g/mol. The first-order chi connectivity index (χ1) is 12.8. The van der Waals surface area contributed by atoms with Crippen molar-refractivity contribution in [3.63, 3.8) is 0 Å². The summed E-state index contributed by atoms with van der Waals surface area (Å²) >= 11 is 0. The number of benzene rings is 1. The number of fused-ring (bicyclic) bond motifs is 2. The lowest BCUT2D eigenvalue weighted by Crippen LogP contribution is -2.42. The van der Waals surface area contributed by atoms with Gasteiger partial charge in [-0.2, -0.15) is 0 Å².